The average molecular weight is 227 g/mol. The molecule has 0 unspecified atom stereocenters. The molecule has 1 aromatic carbocycles. The van der Waals surface area contributed by atoms with E-state index in [0.29, 0.717) is 11.4 Å². The van der Waals surface area contributed by atoms with E-state index in [9.17, 15) is 0 Å². The molecule has 0 saturated heterocycles. The molecule has 17 heavy (non-hydrogen) atoms. The average Bonchev–Trinajstić information content (AvgIpc) is 2.39. The van der Waals surface area contributed by atoms with E-state index in [-0.39, 0.29) is 5.84 Å². The minimum absolute atomic E-state index is 0.0383. The molecule has 0 bridgehead atoms. The van der Waals surface area contributed by atoms with Crippen molar-refractivity contribution in [1.29, 1.82) is 5.41 Å². The third-order valence-corrected chi connectivity index (χ3v) is 2.46. The predicted octanol–water partition coefficient (Wildman–Crippen LogP) is 1.53. The van der Waals surface area contributed by atoms with E-state index in [4.69, 9.17) is 11.1 Å². The van der Waals surface area contributed by atoms with Crippen LogP contribution in [0.3, 0.4) is 0 Å². The zero-order valence-corrected chi connectivity index (χ0v) is 9.46. The summed E-state index contributed by atoms with van der Waals surface area (Å²) in [6.45, 7) is 0. The first-order valence-corrected chi connectivity index (χ1v) is 5.15. The molecule has 1 heterocycles. The van der Waals surface area contributed by atoms with Crippen molar-refractivity contribution in [3.63, 3.8) is 0 Å². The molecule has 5 heteroatoms. The molecule has 0 saturated carbocycles. The van der Waals surface area contributed by atoms with Gasteiger partial charge in [-0.15, -0.1) is 5.10 Å². The van der Waals surface area contributed by atoms with Crippen molar-refractivity contribution in [3.05, 3.63) is 48.2 Å². The fourth-order valence-corrected chi connectivity index (χ4v) is 1.59. The van der Waals surface area contributed by atoms with Crippen LogP contribution in [0.15, 0.2) is 42.6 Å². The smallest absolute Gasteiger partial charge is 0.155 e. The highest BCUT2D eigenvalue weighted by atomic mass is 15.2. The van der Waals surface area contributed by atoms with Crippen LogP contribution >= 0.6 is 0 Å². The van der Waals surface area contributed by atoms with Gasteiger partial charge < -0.3 is 10.6 Å². The SMILES string of the molecule is CN(c1cccnn1)c1ccccc1C(=N)N. The third kappa shape index (κ3) is 2.23. The molecule has 0 aliphatic heterocycles. The molecule has 0 amide bonds. The van der Waals surface area contributed by atoms with Crippen molar-refractivity contribution in [2.75, 3.05) is 11.9 Å². The minimum Gasteiger partial charge on any atom is -0.384 e. The molecule has 0 aliphatic rings. The standard InChI is InChI=1S/C12H13N5/c1-17(11-7-4-8-15-16-11)10-6-3-2-5-9(10)12(13)14/h2-8H,1H3,(H3,13,14). The number of para-hydroxylation sites is 1. The normalized spacial score (nSPS) is 9.94. The van der Waals surface area contributed by atoms with Gasteiger partial charge in [-0.05, 0) is 24.3 Å². The molecule has 2 rings (SSSR count). The van der Waals surface area contributed by atoms with Crippen LogP contribution < -0.4 is 10.6 Å². The van der Waals surface area contributed by atoms with Crippen molar-refractivity contribution in [2.45, 2.75) is 0 Å². The van der Waals surface area contributed by atoms with Crippen LogP contribution in [-0.2, 0) is 0 Å². The number of amidine groups is 1. The lowest BCUT2D eigenvalue weighted by molar-refractivity contribution is 0.987. The molecule has 5 nitrogen and oxygen atoms in total. The molecule has 86 valence electrons. The first-order valence-electron chi connectivity index (χ1n) is 5.15. The number of benzene rings is 1. The quantitative estimate of drug-likeness (QED) is 0.615. The van der Waals surface area contributed by atoms with Gasteiger partial charge in [0.25, 0.3) is 0 Å². The van der Waals surface area contributed by atoms with Gasteiger partial charge in [-0.2, -0.15) is 5.10 Å². The summed E-state index contributed by atoms with van der Waals surface area (Å²) in [7, 11) is 1.87. The summed E-state index contributed by atoms with van der Waals surface area (Å²) in [6, 6.07) is 11.1. The molecular weight excluding hydrogens is 214 g/mol. The maximum absolute atomic E-state index is 7.55. The number of nitrogens with one attached hydrogen (secondary N) is 1. The fraction of sp³-hybridized carbons (Fsp3) is 0.0833. The Hall–Kier alpha value is -2.43. The Kier molecular flexibility index (Phi) is 3.00. The summed E-state index contributed by atoms with van der Waals surface area (Å²) in [4.78, 5) is 1.85. The number of anilines is 2. The zero-order valence-electron chi connectivity index (χ0n) is 9.46. The maximum Gasteiger partial charge on any atom is 0.155 e. The zero-order chi connectivity index (χ0) is 12.3. The van der Waals surface area contributed by atoms with Crippen molar-refractivity contribution < 1.29 is 0 Å². The lowest BCUT2D eigenvalue weighted by atomic mass is 10.1. The Morgan fingerprint density at radius 2 is 2.00 bits per heavy atom. The molecule has 3 N–H and O–H groups in total. The number of nitrogens with two attached hydrogens (primary N) is 1. The van der Waals surface area contributed by atoms with Gasteiger partial charge in [0.05, 0.1) is 5.69 Å². The summed E-state index contributed by atoms with van der Waals surface area (Å²) in [6.07, 6.45) is 1.62. The maximum atomic E-state index is 7.55. The van der Waals surface area contributed by atoms with Gasteiger partial charge in [0.2, 0.25) is 0 Å². The van der Waals surface area contributed by atoms with Crippen LogP contribution in [0.2, 0.25) is 0 Å². The lowest BCUT2D eigenvalue weighted by Crippen LogP contribution is -2.19. The number of hydrogen-bond donors (Lipinski definition) is 2. The largest absolute Gasteiger partial charge is 0.384 e. The minimum atomic E-state index is 0.0383. The summed E-state index contributed by atoms with van der Waals surface area (Å²) in [5.41, 5.74) is 7.07. The van der Waals surface area contributed by atoms with Crippen molar-refractivity contribution in [2.24, 2.45) is 5.73 Å². The predicted molar refractivity (Wildman–Crippen MR) is 67.6 cm³/mol. The lowest BCUT2D eigenvalue weighted by Gasteiger charge is -2.20. The Balaban J connectivity index is 2.44. The molecular formula is C12H13N5. The first-order chi connectivity index (χ1) is 8.20. The van der Waals surface area contributed by atoms with E-state index >= 15 is 0 Å². The molecule has 0 atom stereocenters. The molecule has 0 radical (unpaired) electrons. The summed E-state index contributed by atoms with van der Waals surface area (Å²) in [5, 5.41) is 15.4. The molecule has 0 spiro atoms. The van der Waals surface area contributed by atoms with E-state index in [1.54, 1.807) is 6.20 Å². The van der Waals surface area contributed by atoms with Crippen LogP contribution in [0.4, 0.5) is 11.5 Å². The Morgan fingerprint density at radius 1 is 1.24 bits per heavy atom. The summed E-state index contributed by atoms with van der Waals surface area (Å²) < 4.78 is 0. The van der Waals surface area contributed by atoms with Gasteiger partial charge in [-0.3, -0.25) is 5.41 Å². The van der Waals surface area contributed by atoms with Gasteiger partial charge in [0.1, 0.15) is 5.84 Å². The third-order valence-electron chi connectivity index (χ3n) is 2.46. The van der Waals surface area contributed by atoms with Crippen molar-refractivity contribution >= 4 is 17.3 Å². The Bertz CT molecular complexity index is 523. The van der Waals surface area contributed by atoms with Crippen LogP contribution in [-0.4, -0.2) is 23.1 Å². The van der Waals surface area contributed by atoms with E-state index < -0.39 is 0 Å². The summed E-state index contributed by atoms with van der Waals surface area (Å²) in [5.74, 6) is 0.748. The Labute approximate surface area is 99.4 Å². The molecule has 1 aromatic heterocycles. The van der Waals surface area contributed by atoms with Crippen molar-refractivity contribution in [3.8, 4) is 0 Å². The number of aromatic nitrogens is 2. The molecule has 0 aliphatic carbocycles. The molecule has 2 aromatic rings. The first kappa shape index (κ1) is 11.1. The summed E-state index contributed by atoms with van der Waals surface area (Å²) >= 11 is 0. The topological polar surface area (TPSA) is 78.9 Å². The number of rotatable bonds is 3. The highest BCUT2D eigenvalue weighted by molar-refractivity contribution is 6.01. The highest BCUT2D eigenvalue weighted by Gasteiger charge is 2.11. The van der Waals surface area contributed by atoms with E-state index in [1.807, 2.05) is 48.3 Å². The van der Waals surface area contributed by atoms with E-state index in [2.05, 4.69) is 10.2 Å². The van der Waals surface area contributed by atoms with Crippen molar-refractivity contribution in [1.82, 2.24) is 10.2 Å². The fourth-order valence-electron chi connectivity index (χ4n) is 1.59. The van der Waals surface area contributed by atoms with Crippen LogP contribution in [0.25, 0.3) is 0 Å². The van der Waals surface area contributed by atoms with Gasteiger partial charge in [-0.25, -0.2) is 0 Å². The number of hydrogen-bond acceptors (Lipinski definition) is 4. The number of nitrogen functional groups attached to an aromatic ring is 1. The van der Waals surface area contributed by atoms with Gasteiger partial charge in [0.15, 0.2) is 5.82 Å². The van der Waals surface area contributed by atoms with Crippen LogP contribution in [0.1, 0.15) is 5.56 Å². The van der Waals surface area contributed by atoms with Gasteiger partial charge in [0, 0.05) is 18.8 Å². The van der Waals surface area contributed by atoms with Gasteiger partial charge >= 0.3 is 0 Å². The van der Waals surface area contributed by atoms with E-state index in [1.165, 1.54) is 0 Å². The number of nitrogens with zero attached hydrogens (tertiary/aromatic N) is 3. The Morgan fingerprint density at radius 3 is 2.65 bits per heavy atom. The second kappa shape index (κ2) is 4.61. The highest BCUT2D eigenvalue weighted by Crippen LogP contribution is 2.24. The van der Waals surface area contributed by atoms with Gasteiger partial charge in [-0.1, -0.05) is 12.1 Å². The monoisotopic (exact) mass is 227 g/mol. The molecule has 0 fully saturated rings. The van der Waals surface area contributed by atoms with Crippen LogP contribution in [0.5, 0.6) is 0 Å². The van der Waals surface area contributed by atoms with Crippen LogP contribution in [0, 0.1) is 5.41 Å². The van der Waals surface area contributed by atoms with E-state index in [0.717, 1.165) is 5.69 Å². The second-order valence-corrected chi connectivity index (χ2v) is 3.57. The second-order valence-electron chi connectivity index (χ2n) is 3.57.